The molecule has 0 aliphatic heterocycles. The fourth-order valence-corrected chi connectivity index (χ4v) is 6.08. The second-order valence-electron chi connectivity index (χ2n) is 11.8. The molecule has 0 spiro atoms. The van der Waals surface area contributed by atoms with Crippen molar-refractivity contribution >= 4 is 23.3 Å². The average molecular weight is 593 g/mol. The lowest BCUT2D eigenvalue weighted by Crippen LogP contribution is -2.53. The maximum Gasteiger partial charge on any atom is 0.509 e. The van der Waals surface area contributed by atoms with Crippen molar-refractivity contribution in [2.75, 3.05) is 11.9 Å². The van der Waals surface area contributed by atoms with E-state index in [9.17, 15) is 22.8 Å². The number of carbonyl (C=O) groups is 2. The minimum absolute atomic E-state index is 0.0300. The molecule has 0 saturated heterocycles. The summed E-state index contributed by atoms with van der Waals surface area (Å²) in [7, 11) is 0. The van der Waals surface area contributed by atoms with Crippen LogP contribution < -0.4 is 5.32 Å². The van der Waals surface area contributed by atoms with Crippen molar-refractivity contribution in [3.8, 4) is 0 Å². The molecular weight excluding hydrogens is 557 g/mol. The minimum Gasteiger partial charge on any atom is -0.434 e. The Bertz CT molecular complexity index is 1530. The fraction of sp³-hybridized carbons (Fsp3) is 0.382. The maximum absolute atomic E-state index is 14.9. The number of aryl methyl sites for hydroxylation is 2. The van der Waals surface area contributed by atoms with Crippen LogP contribution >= 0.6 is 0 Å². The third kappa shape index (κ3) is 6.60. The predicted molar refractivity (Wildman–Crippen MR) is 158 cm³/mol. The van der Waals surface area contributed by atoms with Gasteiger partial charge in [-0.05, 0) is 84.6 Å². The van der Waals surface area contributed by atoms with E-state index in [0.29, 0.717) is 41.8 Å². The predicted octanol–water partition coefficient (Wildman–Crippen LogP) is 8.11. The summed E-state index contributed by atoms with van der Waals surface area (Å²) < 4.78 is 54.9. The van der Waals surface area contributed by atoms with Crippen molar-refractivity contribution in [2.45, 2.75) is 64.7 Å². The van der Waals surface area contributed by atoms with E-state index in [-0.39, 0.29) is 18.4 Å². The molecule has 2 atom stereocenters. The number of alkyl halides is 3. The van der Waals surface area contributed by atoms with Gasteiger partial charge in [-0.3, -0.25) is 9.78 Å². The number of pyridine rings is 1. The highest BCUT2D eigenvalue weighted by atomic mass is 19.4. The number of aromatic nitrogens is 1. The van der Waals surface area contributed by atoms with Crippen LogP contribution in [-0.2, 0) is 22.3 Å². The van der Waals surface area contributed by atoms with Gasteiger partial charge in [0.2, 0.25) is 5.60 Å². The number of benzene rings is 2. The second kappa shape index (κ2) is 12.2. The van der Waals surface area contributed by atoms with E-state index in [0.717, 1.165) is 22.3 Å². The van der Waals surface area contributed by atoms with Gasteiger partial charge >= 0.3 is 12.3 Å². The van der Waals surface area contributed by atoms with Crippen molar-refractivity contribution in [3.05, 3.63) is 100 Å². The summed E-state index contributed by atoms with van der Waals surface area (Å²) in [5.41, 5.74) is 3.17. The zero-order valence-electron chi connectivity index (χ0n) is 24.5. The lowest BCUT2D eigenvalue weighted by Gasteiger charge is -2.45. The number of halogens is 3. The number of carbonyl (C=O) groups excluding carboxylic acids is 2. The first-order chi connectivity index (χ1) is 20.5. The third-order valence-corrected chi connectivity index (χ3v) is 8.13. The number of rotatable bonds is 7. The molecule has 1 unspecified atom stereocenters. The van der Waals surface area contributed by atoms with Gasteiger partial charge in [0.05, 0.1) is 18.0 Å². The molecule has 43 heavy (non-hydrogen) atoms. The Balaban J connectivity index is 1.51. The van der Waals surface area contributed by atoms with Crippen LogP contribution in [0, 0.1) is 18.8 Å². The molecule has 226 valence electrons. The van der Waals surface area contributed by atoms with Gasteiger partial charge in [-0.1, -0.05) is 55.8 Å². The smallest absolute Gasteiger partial charge is 0.434 e. The zero-order chi connectivity index (χ0) is 30.8. The van der Waals surface area contributed by atoms with Gasteiger partial charge in [0, 0.05) is 24.6 Å². The largest absolute Gasteiger partial charge is 0.509 e. The number of anilines is 1. The summed E-state index contributed by atoms with van der Waals surface area (Å²) >= 11 is 0. The summed E-state index contributed by atoms with van der Waals surface area (Å²) in [5.74, 6) is -0.911. The molecule has 1 heterocycles. The normalized spacial score (nSPS) is 19.8. The molecule has 1 amide bonds. The topological polar surface area (TPSA) is 77.5 Å². The summed E-state index contributed by atoms with van der Waals surface area (Å²) in [5, 5.41) is 2.90. The van der Waals surface area contributed by atoms with Crippen molar-refractivity contribution in [1.29, 1.82) is 0 Å². The van der Waals surface area contributed by atoms with Crippen molar-refractivity contribution in [1.82, 2.24) is 4.98 Å². The Labute approximate surface area is 249 Å². The van der Waals surface area contributed by atoms with E-state index in [1.54, 1.807) is 45.2 Å². The first kappa shape index (κ1) is 30.3. The molecule has 6 nitrogen and oxygen atoms in total. The summed E-state index contributed by atoms with van der Waals surface area (Å²) in [6, 6.07) is 18.2. The number of hydrogen-bond acceptors (Lipinski definition) is 5. The Morgan fingerprint density at radius 2 is 1.84 bits per heavy atom. The third-order valence-electron chi connectivity index (χ3n) is 8.13. The molecule has 0 saturated carbocycles. The number of nitrogens with zero attached hydrogens (tertiary/aromatic N) is 1. The molecule has 2 aliphatic rings. The van der Waals surface area contributed by atoms with E-state index < -0.39 is 36.7 Å². The van der Waals surface area contributed by atoms with Crippen LogP contribution in [0.15, 0.2) is 72.4 Å². The first-order valence-corrected chi connectivity index (χ1v) is 14.5. The molecule has 2 aromatic carbocycles. The minimum atomic E-state index is -4.80. The molecule has 0 fully saturated rings. The molecular formula is C34H35F3N2O4. The van der Waals surface area contributed by atoms with E-state index in [1.165, 1.54) is 0 Å². The Morgan fingerprint density at radius 3 is 2.53 bits per heavy atom. The van der Waals surface area contributed by atoms with Gasteiger partial charge in [-0.25, -0.2) is 4.79 Å². The number of ether oxygens (including phenoxy) is 2. The summed E-state index contributed by atoms with van der Waals surface area (Å²) in [6.07, 6.45) is -4.16. The van der Waals surface area contributed by atoms with Crippen LogP contribution in [-0.4, -0.2) is 35.4 Å². The molecule has 0 bridgehead atoms. The van der Waals surface area contributed by atoms with Gasteiger partial charge in [-0.15, -0.1) is 0 Å². The molecule has 3 aromatic rings. The zero-order valence-corrected chi connectivity index (χ0v) is 24.5. The van der Waals surface area contributed by atoms with E-state index in [2.05, 4.69) is 10.3 Å². The fourth-order valence-electron chi connectivity index (χ4n) is 6.08. The maximum atomic E-state index is 14.9. The van der Waals surface area contributed by atoms with Crippen LogP contribution in [0.3, 0.4) is 0 Å². The standard InChI is InChI=1S/C34H35F3N2O4/c1-21(2)20-42-32(41)43-33(34(35,36)37)18-26-12-11-24-17-25(31(40)39-29-10-7-15-38-22(29)3)13-14-28(24)30(26)27(19-33)16-23-8-5-4-6-9-23/h4-10,13-15,17,21,27H,11-12,16,18-20H2,1-3H3,(H,39,40)/t27-,33?/m1/s1. The summed E-state index contributed by atoms with van der Waals surface area (Å²) in [4.78, 5) is 29.8. The number of nitrogens with one attached hydrogen (secondary N) is 1. The van der Waals surface area contributed by atoms with Gasteiger partial charge in [0.15, 0.2) is 0 Å². The number of hydrogen-bond donors (Lipinski definition) is 1. The Morgan fingerprint density at radius 1 is 1.07 bits per heavy atom. The SMILES string of the molecule is Cc1ncccc1NC(=O)c1ccc2c(c1)CCC1=C2[C@H](Cc2ccccc2)CC(OC(=O)OCC(C)C)(C(F)(F)F)C1. The van der Waals surface area contributed by atoms with Crippen LogP contribution in [0.25, 0.3) is 5.57 Å². The first-order valence-electron chi connectivity index (χ1n) is 14.5. The van der Waals surface area contributed by atoms with Crippen LogP contribution in [0.4, 0.5) is 23.7 Å². The highest BCUT2D eigenvalue weighted by Crippen LogP contribution is 2.54. The van der Waals surface area contributed by atoms with E-state index >= 15 is 0 Å². The van der Waals surface area contributed by atoms with Crippen LogP contribution in [0.2, 0.25) is 0 Å². The number of allylic oxidation sites excluding steroid dienone is 1. The monoisotopic (exact) mass is 592 g/mol. The molecule has 2 aliphatic carbocycles. The van der Waals surface area contributed by atoms with Gasteiger partial charge < -0.3 is 14.8 Å². The Hall–Kier alpha value is -4.14. The quantitative estimate of drug-likeness (QED) is 0.281. The van der Waals surface area contributed by atoms with Crippen LogP contribution in [0.1, 0.15) is 65.9 Å². The van der Waals surface area contributed by atoms with Gasteiger partial charge in [0.1, 0.15) is 0 Å². The van der Waals surface area contributed by atoms with Crippen molar-refractivity contribution < 1.29 is 32.2 Å². The van der Waals surface area contributed by atoms with Crippen molar-refractivity contribution in [3.63, 3.8) is 0 Å². The molecule has 1 aromatic heterocycles. The second-order valence-corrected chi connectivity index (χ2v) is 11.8. The average Bonchev–Trinajstić information content (AvgIpc) is 2.96. The number of fused-ring (bicyclic) bond motifs is 2. The van der Waals surface area contributed by atoms with E-state index in [1.807, 2.05) is 42.5 Å². The molecule has 9 heteroatoms. The lowest BCUT2D eigenvalue weighted by molar-refractivity contribution is -0.269. The highest BCUT2D eigenvalue weighted by molar-refractivity contribution is 6.05. The highest BCUT2D eigenvalue weighted by Gasteiger charge is 2.62. The van der Waals surface area contributed by atoms with Gasteiger partial charge in [0.25, 0.3) is 5.91 Å². The van der Waals surface area contributed by atoms with Crippen LogP contribution in [0.5, 0.6) is 0 Å². The Kier molecular flexibility index (Phi) is 8.62. The molecule has 0 radical (unpaired) electrons. The molecule has 1 N–H and O–H groups in total. The lowest BCUT2D eigenvalue weighted by atomic mass is 9.66. The van der Waals surface area contributed by atoms with Gasteiger partial charge in [-0.2, -0.15) is 13.2 Å². The number of amides is 1. The van der Waals surface area contributed by atoms with Crippen molar-refractivity contribution in [2.24, 2.45) is 11.8 Å². The van der Waals surface area contributed by atoms with E-state index in [4.69, 9.17) is 9.47 Å². The molecule has 5 rings (SSSR count). The summed E-state index contributed by atoms with van der Waals surface area (Å²) in [6.45, 7) is 5.38.